The Kier molecular flexibility index (Phi) is 6.73. The molecular formula is C23H24N4O4S. The normalized spacial score (nSPS) is 12.8. The Morgan fingerprint density at radius 3 is 2.53 bits per heavy atom. The molecule has 0 fully saturated rings. The second-order valence-electron chi connectivity index (χ2n) is 7.66. The van der Waals surface area contributed by atoms with Crippen molar-refractivity contribution in [2.45, 2.75) is 11.3 Å². The Labute approximate surface area is 190 Å². The predicted octanol–water partition coefficient (Wildman–Crippen LogP) is 3.76. The van der Waals surface area contributed by atoms with Gasteiger partial charge in [-0.05, 0) is 44.8 Å². The van der Waals surface area contributed by atoms with Gasteiger partial charge in [-0.25, -0.2) is 0 Å². The SMILES string of the molecule is CN(C)CCCNOOSc1ccc(-c2[nH]c(O)c3c2C(=O)c2ccccc2C3=N)cc1. The second-order valence-corrected chi connectivity index (χ2v) is 8.43. The molecule has 1 aromatic heterocycles. The number of H-pyrrole nitrogens is 1. The average Bonchev–Trinajstić information content (AvgIpc) is 3.14. The average molecular weight is 453 g/mol. The summed E-state index contributed by atoms with van der Waals surface area (Å²) in [5.41, 5.74) is 5.60. The molecule has 0 saturated heterocycles. The molecule has 8 nitrogen and oxygen atoms in total. The van der Waals surface area contributed by atoms with Crippen LogP contribution in [0.5, 0.6) is 5.88 Å². The molecule has 0 amide bonds. The summed E-state index contributed by atoms with van der Waals surface area (Å²) in [5.74, 6) is -0.396. The minimum atomic E-state index is -0.214. The Balaban J connectivity index is 1.45. The van der Waals surface area contributed by atoms with Gasteiger partial charge in [-0.3, -0.25) is 10.2 Å². The van der Waals surface area contributed by atoms with Gasteiger partial charge in [0.15, 0.2) is 11.7 Å². The topological polar surface area (TPSA) is 111 Å². The molecule has 2 aromatic carbocycles. The summed E-state index contributed by atoms with van der Waals surface area (Å²) in [7, 11) is 4.03. The summed E-state index contributed by atoms with van der Waals surface area (Å²) >= 11 is 1.06. The highest BCUT2D eigenvalue weighted by Gasteiger charge is 2.34. The fourth-order valence-corrected chi connectivity index (χ4v) is 4.02. The molecule has 1 aliphatic carbocycles. The van der Waals surface area contributed by atoms with Crippen LogP contribution >= 0.6 is 12.0 Å². The maximum Gasteiger partial charge on any atom is 0.199 e. The van der Waals surface area contributed by atoms with Crippen LogP contribution < -0.4 is 5.48 Å². The maximum absolute atomic E-state index is 13.1. The largest absolute Gasteiger partial charge is 0.494 e. The van der Waals surface area contributed by atoms with Crippen molar-refractivity contribution in [1.82, 2.24) is 15.4 Å². The minimum absolute atomic E-state index is 0.131. The lowest BCUT2D eigenvalue weighted by Gasteiger charge is -2.17. The Hall–Kier alpha value is -2.95. The molecule has 0 unspecified atom stereocenters. The van der Waals surface area contributed by atoms with Crippen molar-refractivity contribution in [3.05, 3.63) is 70.8 Å². The number of hydrogen-bond acceptors (Lipinski definition) is 8. The molecular weight excluding hydrogens is 428 g/mol. The molecule has 4 N–H and O–H groups in total. The number of nitrogens with zero attached hydrogens (tertiary/aromatic N) is 1. The zero-order valence-corrected chi connectivity index (χ0v) is 18.6. The molecule has 0 saturated carbocycles. The van der Waals surface area contributed by atoms with E-state index in [1.165, 1.54) is 0 Å². The van der Waals surface area contributed by atoms with Crippen LogP contribution in [-0.2, 0) is 9.32 Å². The highest BCUT2D eigenvalue weighted by molar-refractivity contribution is 7.94. The zero-order valence-electron chi connectivity index (χ0n) is 17.8. The third-order valence-corrected chi connectivity index (χ3v) is 5.75. The van der Waals surface area contributed by atoms with Crippen molar-refractivity contribution in [1.29, 1.82) is 5.41 Å². The monoisotopic (exact) mass is 452 g/mol. The highest BCUT2D eigenvalue weighted by Crippen LogP contribution is 2.39. The van der Waals surface area contributed by atoms with E-state index in [-0.39, 0.29) is 22.9 Å². The van der Waals surface area contributed by atoms with Gasteiger partial charge in [0.2, 0.25) is 0 Å². The van der Waals surface area contributed by atoms with E-state index in [2.05, 4.69) is 15.4 Å². The number of carbonyl (C=O) groups is 1. The number of aromatic hydroxyl groups is 1. The van der Waals surface area contributed by atoms with Crippen LogP contribution in [0.2, 0.25) is 0 Å². The van der Waals surface area contributed by atoms with E-state index in [1.54, 1.807) is 24.3 Å². The maximum atomic E-state index is 13.1. The number of hydrogen-bond donors (Lipinski definition) is 4. The van der Waals surface area contributed by atoms with Gasteiger partial charge in [-0.15, -0.1) is 9.32 Å². The number of carbonyl (C=O) groups excluding carboxylic acids is 1. The highest BCUT2D eigenvalue weighted by atomic mass is 32.2. The van der Waals surface area contributed by atoms with Crippen LogP contribution in [0.25, 0.3) is 11.3 Å². The van der Waals surface area contributed by atoms with E-state index in [9.17, 15) is 9.90 Å². The number of aromatic amines is 1. The summed E-state index contributed by atoms with van der Waals surface area (Å²) in [4.78, 5) is 23.9. The number of rotatable bonds is 9. The molecule has 166 valence electrons. The van der Waals surface area contributed by atoms with E-state index in [0.29, 0.717) is 34.5 Å². The number of aromatic nitrogens is 1. The molecule has 0 radical (unpaired) electrons. The molecule has 3 aromatic rings. The van der Waals surface area contributed by atoms with Gasteiger partial charge in [-0.1, -0.05) is 36.4 Å². The van der Waals surface area contributed by atoms with Crippen molar-refractivity contribution in [3.8, 4) is 17.1 Å². The Morgan fingerprint density at radius 1 is 1.09 bits per heavy atom. The third kappa shape index (κ3) is 4.47. The van der Waals surface area contributed by atoms with Crippen molar-refractivity contribution >= 4 is 23.5 Å². The Morgan fingerprint density at radius 2 is 1.81 bits per heavy atom. The van der Waals surface area contributed by atoms with Crippen LogP contribution in [0.1, 0.15) is 33.5 Å². The second kappa shape index (κ2) is 9.68. The smallest absolute Gasteiger partial charge is 0.199 e. The fraction of sp³-hybridized carbons (Fsp3) is 0.217. The van der Waals surface area contributed by atoms with Crippen molar-refractivity contribution in [3.63, 3.8) is 0 Å². The third-order valence-electron chi connectivity index (χ3n) is 5.15. The number of nitrogens with one attached hydrogen (secondary N) is 3. The lowest BCUT2D eigenvalue weighted by Crippen LogP contribution is -2.21. The minimum Gasteiger partial charge on any atom is -0.494 e. The van der Waals surface area contributed by atoms with Crippen LogP contribution in [0, 0.1) is 5.41 Å². The van der Waals surface area contributed by atoms with Crippen LogP contribution in [0.4, 0.5) is 0 Å². The molecule has 9 heteroatoms. The first-order valence-corrected chi connectivity index (χ1v) is 10.9. The first-order chi connectivity index (χ1) is 15.5. The molecule has 4 rings (SSSR count). The fourth-order valence-electron chi connectivity index (χ4n) is 3.61. The molecule has 1 aliphatic rings. The number of hydroxylamine groups is 1. The van der Waals surface area contributed by atoms with Crippen molar-refractivity contribution in [2.75, 3.05) is 27.2 Å². The quantitative estimate of drug-likeness (QED) is 0.132. The first-order valence-electron chi connectivity index (χ1n) is 10.1. The summed E-state index contributed by atoms with van der Waals surface area (Å²) in [6.07, 6.45) is 0.934. The van der Waals surface area contributed by atoms with E-state index in [0.717, 1.165) is 29.9 Å². The number of ketones is 1. The molecule has 0 spiro atoms. The van der Waals surface area contributed by atoms with E-state index < -0.39 is 0 Å². The molecule has 32 heavy (non-hydrogen) atoms. The van der Waals surface area contributed by atoms with Gasteiger partial charge in [0.25, 0.3) is 0 Å². The Bertz CT molecular complexity index is 1140. The first kappa shape index (κ1) is 22.3. The number of fused-ring (bicyclic) bond motifs is 2. The van der Waals surface area contributed by atoms with E-state index >= 15 is 0 Å². The number of benzene rings is 2. The van der Waals surface area contributed by atoms with Crippen LogP contribution in [0.3, 0.4) is 0 Å². The van der Waals surface area contributed by atoms with Gasteiger partial charge in [-0.2, -0.15) is 5.48 Å². The summed E-state index contributed by atoms with van der Waals surface area (Å²) in [6, 6.07) is 14.3. The predicted molar refractivity (Wildman–Crippen MR) is 123 cm³/mol. The van der Waals surface area contributed by atoms with Gasteiger partial charge >= 0.3 is 0 Å². The van der Waals surface area contributed by atoms with Gasteiger partial charge in [0.1, 0.15) is 0 Å². The van der Waals surface area contributed by atoms with Crippen LogP contribution in [-0.4, -0.2) is 53.7 Å². The molecule has 0 bridgehead atoms. The molecule has 1 heterocycles. The van der Waals surface area contributed by atoms with Gasteiger partial charge < -0.3 is 15.0 Å². The van der Waals surface area contributed by atoms with Gasteiger partial charge in [0.05, 0.1) is 34.6 Å². The van der Waals surface area contributed by atoms with Crippen LogP contribution in [0.15, 0.2) is 53.4 Å². The summed E-state index contributed by atoms with van der Waals surface area (Å²) < 4.78 is 5.10. The zero-order chi connectivity index (χ0) is 22.7. The molecule has 0 aliphatic heterocycles. The summed E-state index contributed by atoms with van der Waals surface area (Å²) in [5, 5.41) is 18.9. The van der Waals surface area contributed by atoms with Gasteiger partial charge in [0, 0.05) is 22.6 Å². The summed E-state index contributed by atoms with van der Waals surface area (Å²) in [6.45, 7) is 1.63. The lowest BCUT2D eigenvalue weighted by molar-refractivity contribution is -0.244. The van der Waals surface area contributed by atoms with E-state index in [4.69, 9.17) is 14.7 Å². The molecule has 0 atom stereocenters. The van der Waals surface area contributed by atoms with E-state index in [1.807, 2.05) is 38.4 Å². The standard InChI is InChI=1S/C23H24N4O4S/c1-27(2)13-5-12-25-30-31-32-15-10-8-14(9-11-15)21-19-18(23(29)26-21)20(24)16-6-3-4-7-17(16)22(19)28/h3-4,6-11,24-26,29H,5,12-13H2,1-2H3. The van der Waals surface area contributed by atoms with Crippen molar-refractivity contribution < 1.29 is 19.2 Å². The van der Waals surface area contributed by atoms with Crippen molar-refractivity contribution in [2.24, 2.45) is 0 Å². The lowest BCUT2D eigenvalue weighted by atomic mass is 9.84.